The van der Waals surface area contributed by atoms with Gasteiger partial charge in [-0.1, -0.05) is 29.8 Å². The summed E-state index contributed by atoms with van der Waals surface area (Å²) < 4.78 is 6.69. The Morgan fingerprint density at radius 2 is 1.92 bits per heavy atom. The molecule has 0 spiro atoms. The van der Waals surface area contributed by atoms with Crippen LogP contribution in [0.2, 0.25) is 0 Å². The molecule has 1 N–H and O–H groups in total. The minimum Gasteiger partial charge on any atom is -0.464 e. The van der Waals surface area contributed by atoms with E-state index in [9.17, 15) is 4.79 Å². The summed E-state index contributed by atoms with van der Waals surface area (Å²) in [7, 11) is 0. The van der Waals surface area contributed by atoms with E-state index in [0.717, 1.165) is 32.3 Å². The van der Waals surface area contributed by atoms with Crippen LogP contribution in [-0.2, 0) is 11.2 Å². The largest absolute Gasteiger partial charge is 0.464 e. The molecule has 0 atom stereocenters. The normalized spacial score (nSPS) is 11.3. The second-order valence-electron chi connectivity index (χ2n) is 6.81. The smallest absolute Gasteiger partial charge is 0.228 e. The summed E-state index contributed by atoms with van der Waals surface area (Å²) >= 11 is 3.47. The van der Waals surface area contributed by atoms with Crippen molar-refractivity contribution in [2.24, 2.45) is 0 Å². The van der Waals surface area contributed by atoms with Crippen molar-refractivity contribution >= 4 is 38.5 Å². The standard InChI is InChI=1S/C21H22BrNO2/c1-12(2)17-10-18-15(11-25-20(18)8-13(17)3)9-21(24)23-16-5-6-19(22)14(4)7-16/h5-8,10-12H,9H2,1-4H3,(H,23,24). The van der Waals surface area contributed by atoms with E-state index in [1.165, 1.54) is 11.1 Å². The van der Waals surface area contributed by atoms with Gasteiger partial charge in [-0.05, 0) is 66.8 Å². The highest BCUT2D eigenvalue weighted by Gasteiger charge is 2.14. The molecule has 4 heteroatoms. The van der Waals surface area contributed by atoms with Crippen LogP contribution in [0.1, 0.15) is 42.0 Å². The van der Waals surface area contributed by atoms with Gasteiger partial charge in [-0.3, -0.25) is 4.79 Å². The Kier molecular flexibility index (Phi) is 5.00. The molecule has 0 saturated carbocycles. The van der Waals surface area contributed by atoms with E-state index < -0.39 is 0 Å². The monoisotopic (exact) mass is 399 g/mol. The molecule has 3 aromatic rings. The average molecular weight is 400 g/mol. The van der Waals surface area contributed by atoms with Crippen molar-refractivity contribution in [2.45, 2.75) is 40.0 Å². The third kappa shape index (κ3) is 3.79. The van der Waals surface area contributed by atoms with Crippen LogP contribution in [-0.4, -0.2) is 5.91 Å². The predicted octanol–water partition coefficient (Wildman–Crippen LogP) is 6.12. The van der Waals surface area contributed by atoms with Gasteiger partial charge in [0.15, 0.2) is 0 Å². The maximum atomic E-state index is 12.4. The van der Waals surface area contributed by atoms with E-state index in [-0.39, 0.29) is 5.91 Å². The van der Waals surface area contributed by atoms with Crippen LogP contribution >= 0.6 is 15.9 Å². The molecule has 2 aromatic carbocycles. The van der Waals surface area contributed by atoms with E-state index >= 15 is 0 Å². The van der Waals surface area contributed by atoms with Gasteiger partial charge in [-0.25, -0.2) is 0 Å². The van der Waals surface area contributed by atoms with Crippen molar-refractivity contribution in [3.63, 3.8) is 0 Å². The van der Waals surface area contributed by atoms with Gasteiger partial charge in [-0.2, -0.15) is 0 Å². The van der Waals surface area contributed by atoms with Crippen LogP contribution in [0.5, 0.6) is 0 Å². The summed E-state index contributed by atoms with van der Waals surface area (Å²) in [6, 6.07) is 10.0. The van der Waals surface area contributed by atoms with Gasteiger partial charge < -0.3 is 9.73 Å². The Bertz CT molecular complexity index is 940. The second-order valence-corrected chi connectivity index (χ2v) is 7.66. The van der Waals surface area contributed by atoms with Crippen LogP contribution in [0.4, 0.5) is 5.69 Å². The number of benzene rings is 2. The van der Waals surface area contributed by atoms with E-state index in [4.69, 9.17) is 4.42 Å². The number of aryl methyl sites for hydroxylation is 2. The molecule has 0 aliphatic carbocycles. The molecule has 130 valence electrons. The quantitative estimate of drug-likeness (QED) is 0.574. The van der Waals surface area contributed by atoms with Gasteiger partial charge in [0, 0.05) is 21.1 Å². The molecular weight excluding hydrogens is 378 g/mol. The number of anilines is 1. The fraction of sp³-hybridized carbons (Fsp3) is 0.286. The molecule has 0 unspecified atom stereocenters. The number of halogens is 1. The van der Waals surface area contributed by atoms with E-state index in [2.05, 4.69) is 54.2 Å². The SMILES string of the molecule is Cc1cc(NC(=O)Cc2coc3cc(C)c(C(C)C)cc23)ccc1Br. The van der Waals surface area contributed by atoms with Crippen LogP contribution in [0.25, 0.3) is 11.0 Å². The Labute approximate surface area is 156 Å². The maximum Gasteiger partial charge on any atom is 0.228 e. The first-order valence-corrected chi connectivity index (χ1v) is 9.21. The van der Waals surface area contributed by atoms with Gasteiger partial charge in [0.1, 0.15) is 5.58 Å². The zero-order valence-electron chi connectivity index (χ0n) is 14.9. The van der Waals surface area contributed by atoms with Crippen LogP contribution in [0.3, 0.4) is 0 Å². The van der Waals surface area contributed by atoms with Crippen LogP contribution in [0.15, 0.2) is 45.5 Å². The summed E-state index contributed by atoms with van der Waals surface area (Å²) in [6.45, 7) is 8.45. The number of fused-ring (bicyclic) bond motifs is 1. The zero-order valence-corrected chi connectivity index (χ0v) is 16.5. The third-order valence-corrected chi connectivity index (χ3v) is 5.35. The van der Waals surface area contributed by atoms with E-state index in [1.54, 1.807) is 6.26 Å². The highest BCUT2D eigenvalue weighted by Crippen LogP contribution is 2.29. The molecule has 0 radical (unpaired) electrons. The second kappa shape index (κ2) is 7.04. The number of hydrogen-bond acceptors (Lipinski definition) is 2. The number of carbonyl (C=O) groups excluding carboxylic acids is 1. The lowest BCUT2D eigenvalue weighted by Crippen LogP contribution is -2.14. The molecule has 3 nitrogen and oxygen atoms in total. The Balaban J connectivity index is 1.83. The van der Waals surface area contributed by atoms with Crippen molar-refractivity contribution < 1.29 is 9.21 Å². The highest BCUT2D eigenvalue weighted by atomic mass is 79.9. The number of hydrogen-bond donors (Lipinski definition) is 1. The summed E-state index contributed by atoms with van der Waals surface area (Å²) in [5, 5.41) is 3.98. The number of nitrogens with one attached hydrogen (secondary N) is 1. The molecular formula is C21H22BrNO2. The molecule has 1 heterocycles. The molecule has 3 rings (SSSR count). The fourth-order valence-electron chi connectivity index (χ4n) is 3.10. The fourth-order valence-corrected chi connectivity index (χ4v) is 3.35. The molecule has 0 bridgehead atoms. The lowest BCUT2D eigenvalue weighted by molar-refractivity contribution is -0.115. The van der Waals surface area contributed by atoms with Crippen molar-refractivity contribution in [2.75, 3.05) is 5.32 Å². The molecule has 0 fully saturated rings. The van der Waals surface area contributed by atoms with Gasteiger partial charge in [0.25, 0.3) is 0 Å². The first-order chi connectivity index (χ1) is 11.8. The summed E-state index contributed by atoms with van der Waals surface area (Å²) in [5.41, 5.74) is 6.16. The van der Waals surface area contributed by atoms with Gasteiger partial charge >= 0.3 is 0 Å². The summed E-state index contributed by atoms with van der Waals surface area (Å²) in [6.07, 6.45) is 1.99. The van der Waals surface area contributed by atoms with Gasteiger partial charge in [0.2, 0.25) is 5.91 Å². The van der Waals surface area contributed by atoms with Gasteiger partial charge in [-0.15, -0.1) is 0 Å². The van der Waals surface area contributed by atoms with Crippen LogP contribution in [0, 0.1) is 13.8 Å². The molecule has 1 aromatic heterocycles. The summed E-state index contributed by atoms with van der Waals surface area (Å²) in [4.78, 5) is 12.4. The molecule has 1 amide bonds. The summed E-state index contributed by atoms with van der Waals surface area (Å²) in [5.74, 6) is 0.391. The lowest BCUT2D eigenvalue weighted by atomic mass is 9.95. The third-order valence-electron chi connectivity index (χ3n) is 4.46. The van der Waals surface area contributed by atoms with Crippen molar-refractivity contribution in [1.29, 1.82) is 0 Å². The average Bonchev–Trinajstić information content (AvgIpc) is 2.91. The minimum absolute atomic E-state index is 0.0453. The number of amides is 1. The molecule has 0 aliphatic heterocycles. The maximum absolute atomic E-state index is 12.4. The molecule has 25 heavy (non-hydrogen) atoms. The topological polar surface area (TPSA) is 42.2 Å². The first-order valence-electron chi connectivity index (χ1n) is 8.41. The zero-order chi connectivity index (χ0) is 18.1. The van der Waals surface area contributed by atoms with E-state index in [1.807, 2.05) is 25.1 Å². The van der Waals surface area contributed by atoms with Crippen molar-refractivity contribution in [3.05, 3.63) is 63.3 Å². The first kappa shape index (κ1) is 17.7. The Morgan fingerprint density at radius 1 is 1.16 bits per heavy atom. The highest BCUT2D eigenvalue weighted by molar-refractivity contribution is 9.10. The van der Waals surface area contributed by atoms with Crippen LogP contribution < -0.4 is 5.32 Å². The van der Waals surface area contributed by atoms with Crippen molar-refractivity contribution in [3.8, 4) is 0 Å². The van der Waals surface area contributed by atoms with Crippen molar-refractivity contribution in [1.82, 2.24) is 0 Å². The molecule has 0 aliphatic rings. The Hall–Kier alpha value is -2.07. The predicted molar refractivity (Wildman–Crippen MR) is 106 cm³/mol. The number of furan rings is 1. The van der Waals surface area contributed by atoms with E-state index in [0.29, 0.717) is 12.3 Å². The molecule has 0 saturated heterocycles. The van der Waals surface area contributed by atoms with Gasteiger partial charge in [0.05, 0.1) is 12.7 Å². The lowest BCUT2D eigenvalue weighted by Gasteiger charge is -2.10. The number of carbonyl (C=O) groups is 1. The number of rotatable bonds is 4. The minimum atomic E-state index is -0.0453. The Morgan fingerprint density at radius 3 is 2.60 bits per heavy atom.